The molecule has 1 atom stereocenters. The molecule has 0 amide bonds. The van der Waals surface area contributed by atoms with Crippen LogP contribution in [0.5, 0.6) is 0 Å². The first-order valence-electron chi connectivity index (χ1n) is 6.85. The van der Waals surface area contributed by atoms with Gasteiger partial charge < -0.3 is 10.2 Å². The Morgan fingerprint density at radius 3 is 2.84 bits per heavy atom. The van der Waals surface area contributed by atoms with Crippen LogP contribution in [0.2, 0.25) is 10.0 Å². The van der Waals surface area contributed by atoms with Gasteiger partial charge >= 0.3 is 0 Å². The summed E-state index contributed by atoms with van der Waals surface area (Å²) in [5.74, 6) is 1.41. The van der Waals surface area contributed by atoms with Gasteiger partial charge in [-0.3, -0.25) is 0 Å². The number of rotatable bonds is 5. The second kappa shape index (κ2) is 6.78. The van der Waals surface area contributed by atoms with E-state index < -0.39 is 0 Å². The summed E-state index contributed by atoms with van der Waals surface area (Å²) >= 11 is 12.2. The summed E-state index contributed by atoms with van der Waals surface area (Å²) in [6.45, 7) is 7.43. The van der Waals surface area contributed by atoms with Crippen molar-refractivity contribution in [2.75, 3.05) is 24.5 Å². The summed E-state index contributed by atoms with van der Waals surface area (Å²) in [5.41, 5.74) is 0. The third kappa shape index (κ3) is 4.23. The molecule has 1 fully saturated rings. The maximum Gasteiger partial charge on any atom is 0.147 e. The van der Waals surface area contributed by atoms with Crippen molar-refractivity contribution in [1.29, 1.82) is 0 Å². The minimum Gasteiger partial charge on any atom is -0.354 e. The Hall–Kier alpha value is -0.510. The smallest absolute Gasteiger partial charge is 0.147 e. The molecule has 0 saturated carbocycles. The molecule has 1 aliphatic rings. The zero-order valence-electron chi connectivity index (χ0n) is 11.5. The summed E-state index contributed by atoms with van der Waals surface area (Å²) < 4.78 is 0. The Bertz CT molecular complexity index is 417. The number of aromatic nitrogens is 1. The third-order valence-electron chi connectivity index (χ3n) is 3.28. The lowest BCUT2D eigenvalue weighted by molar-refractivity contribution is 0.538. The van der Waals surface area contributed by atoms with Crippen LogP contribution in [0.15, 0.2) is 12.3 Å². The average molecular weight is 302 g/mol. The molecule has 2 rings (SSSR count). The molecule has 0 aromatic carbocycles. The highest BCUT2D eigenvalue weighted by Crippen LogP contribution is 2.27. The zero-order valence-corrected chi connectivity index (χ0v) is 13.0. The van der Waals surface area contributed by atoms with E-state index in [9.17, 15) is 0 Å². The van der Waals surface area contributed by atoms with Gasteiger partial charge in [0.15, 0.2) is 0 Å². The van der Waals surface area contributed by atoms with E-state index >= 15 is 0 Å². The zero-order chi connectivity index (χ0) is 13.8. The molecule has 0 aliphatic carbocycles. The molecule has 0 bridgehead atoms. The van der Waals surface area contributed by atoms with Crippen LogP contribution in [0.25, 0.3) is 0 Å². The maximum absolute atomic E-state index is 6.28. The molecule has 0 spiro atoms. The first-order valence-corrected chi connectivity index (χ1v) is 7.61. The number of nitrogens with one attached hydrogen (secondary N) is 1. The van der Waals surface area contributed by atoms with Crippen LogP contribution in [0, 0.1) is 5.92 Å². The van der Waals surface area contributed by atoms with Crippen molar-refractivity contribution in [3.63, 3.8) is 0 Å². The topological polar surface area (TPSA) is 28.2 Å². The fourth-order valence-electron chi connectivity index (χ4n) is 2.51. The van der Waals surface area contributed by atoms with E-state index in [0.717, 1.165) is 25.5 Å². The first kappa shape index (κ1) is 14.9. The third-order valence-corrected chi connectivity index (χ3v) is 3.76. The molecule has 1 aromatic heterocycles. The SMILES string of the molecule is CC(C)CN(CC1CCCN1)c1ncc(Cl)cc1Cl. The van der Waals surface area contributed by atoms with Gasteiger partial charge in [0, 0.05) is 25.3 Å². The quantitative estimate of drug-likeness (QED) is 0.900. The van der Waals surface area contributed by atoms with Crippen LogP contribution >= 0.6 is 23.2 Å². The molecule has 1 aromatic rings. The maximum atomic E-state index is 6.28. The molecule has 2 heterocycles. The van der Waals surface area contributed by atoms with Gasteiger partial charge in [-0.15, -0.1) is 0 Å². The molecule has 19 heavy (non-hydrogen) atoms. The Morgan fingerprint density at radius 1 is 1.47 bits per heavy atom. The Balaban J connectivity index is 2.15. The molecule has 106 valence electrons. The van der Waals surface area contributed by atoms with Crippen molar-refractivity contribution in [3.8, 4) is 0 Å². The van der Waals surface area contributed by atoms with Gasteiger partial charge in [0.1, 0.15) is 5.82 Å². The van der Waals surface area contributed by atoms with E-state index in [-0.39, 0.29) is 0 Å². The standard InChI is InChI=1S/C14H21Cl2N3/c1-10(2)8-19(9-12-4-3-5-17-12)14-13(16)6-11(15)7-18-14/h6-7,10,12,17H,3-5,8-9H2,1-2H3. The van der Waals surface area contributed by atoms with E-state index in [2.05, 4.69) is 29.0 Å². The van der Waals surface area contributed by atoms with Gasteiger partial charge in [-0.2, -0.15) is 0 Å². The summed E-state index contributed by atoms with van der Waals surface area (Å²) in [7, 11) is 0. The summed E-state index contributed by atoms with van der Waals surface area (Å²) in [6.07, 6.45) is 4.14. The van der Waals surface area contributed by atoms with Crippen molar-refractivity contribution in [1.82, 2.24) is 10.3 Å². The average Bonchev–Trinajstić information content (AvgIpc) is 2.80. The van der Waals surface area contributed by atoms with Gasteiger partial charge in [0.2, 0.25) is 0 Å². The summed E-state index contributed by atoms with van der Waals surface area (Å²) in [4.78, 5) is 6.68. The highest BCUT2D eigenvalue weighted by Gasteiger charge is 2.21. The molecule has 3 nitrogen and oxygen atoms in total. The van der Waals surface area contributed by atoms with Gasteiger partial charge in [0.25, 0.3) is 0 Å². The van der Waals surface area contributed by atoms with Crippen molar-refractivity contribution in [2.24, 2.45) is 5.92 Å². The van der Waals surface area contributed by atoms with Crippen molar-refractivity contribution in [2.45, 2.75) is 32.7 Å². The fraction of sp³-hybridized carbons (Fsp3) is 0.643. The summed E-state index contributed by atoms with van der Waals surface area (Å²) in [6, 6.07) is 2.30. The number of hydrogen-bond acceptors (Lipinski definition) is 3. The second-order valence-corrected chi connectivity index (χ2v) is 6.39. The van der Waals surface area contributed by atoms with Crippen molar-refractivity contribution < 1.29 is 0 Å². The van der Waals surface area contributed by atoms with Gasteiger partial charge in [0.05, 0.1) is 10.0 Å². The molecule has 1 N–H and O–H groups in total. The molecule has 1 saturated heterocycles. The predicted octanol–water partition coefficient (Wildman–Crippen LogP) is 3.60. The number of pyridine rings is 1. The molecule has 1 aliphatic heterocycles. The van der Waals surface area contributed by atoms with Crippen LogP contribution in [-0.4, -0.2) is 30.7 Å². The lowest BCUT2D eigenvalue weighted by atomic mass is 10.1. The molecular formula is C14H21Cl2N3. The van der Waals surface area contributed by atoms with E-state index in [1.165, 1.54) is 12.8 Å². The van der Waals surface area contributed by atoms with Gasteiger partial charge in [-0.1, -0.05) is 37.0 Å². The van der Waals surface area contributed by atoms with E-state index in [1.807, 2.05) is 0 Å². The van der Waals surface area contributed by atoms with Crippen molar-refractivity contribution in [3.05, 3.63) is 22.3 Å². The van der Waals surface area contributed by atoms with Gasteiger partial charge in [-0.05, 0) is 31.4 Å². The monoisotopic (exact) mass is 301 g/mol. The lowest BCUT2D eigenvalue weighted by Crippen LogP contribution is -2.40. The number of anilines is 1. The Kier molecular flexibility index (Phi) is 5.31. The highest BCUT2D eigenvalue weighted by atomic mass is 35.5. The minimum atomic E-state index is 0.535. The highest BCUT2D eigenvalue weighted by molar-refractivity contribution is 6.36. The predicted molar refractivity (Wildman–Crippen MR) is 82.3 cm³/mol. The first-order chi connectivity index (χ1) is 9.06. The van der Waals surface area contributed by atoms with Crippen molar-refractivity contribution >= 4 is 29.0 Å². The fourth-order valence-corrected chi connectivity index (χ4v) is 3.01. The van der Waals surface area contributed by atoms with Crippen LogP contribution in [0.3, 0.4) is 0 Å². The van der Waals surface area contributed by atoms with Crippen LogP contribution in [-0.2, 0) is 0 Å². The number of nitrogens with zero attached hydrogens (tertiary/aromatic N) is 2. The van der Waals surface area contributed by atoms with E-state index in [1.54, 1.807) is 12.3 Å². The normalized spacial score (nSPS) is 19.1. The molecule has 5 heteroatoms. The molecular weight excluding hydrogens is 281 g/mol. The summed E-state index contributed by atoms with van der Waals surface area (Å²) in [5, 5.41) is 4.73. The van der Waals surface area contributed by atoms with Crippen LogP contribution < -0.4 is 10.2 Å². The van der Waals surface area contributed by atoms with Gasteiger partial charge in [-0.25, -0.2) is 4.98 Å². The van der Waals surface area contributed by atoms with Crippen LogP contribution in [0.4, 0.5) is 5.82 Å². The molecule has 0 radical (unpaired) electrons. The lowest BCUT2D eigenvalue weighted by Gasteiger charge is -2.29. The number of hydrogen-bond donors (Lipinski definition) is 1. The number of halogens is 2. The Labute approximate surface area is 125 Å². The van der Waals surface area contributed by atoms with Crippen LogP contribution in [0.1, 0.15) is 26.7 Å². The largest absolute Gasteiger partial charge is 0.354 e. The molecule has 1 unspecified atom stereocenters. The minimum absolute atomic E-state index is 0.535. The van der Waals surface area contributed by atoms with E-state index in [4.69, 9.17) is 23.2 Å². The Morgan fingerprint density at radius 2 is 2.26 bits per heavy atom. The second-order valence-electron chi connectivity index (χ2n) is 5.55. The van der Waals surface area contributed by atoms with E-state index in [0.29, 0.717) is 22.0 Å².